The highest BCUT2D eigenvalue weighted by molar-refractivity contribution is 6.12. The molecule has 2 heterocycles. The van der Waals surface area contributed by atoms with Gasteiger partial charge in [-0.15, -0.1) is 0 Å². The van der Waals surface area contributed by atoms with Crippen LogP contribution in [0.3, 0.4) is 0 Å². The van der Waals surface area contributed by atoms with Gasteiger partial charge in [0, 0.05) is 28.3 Å². The standard InChI is InChI=1S/C17H9F5N5.C5H14NO/c1-6-7-2-8(11(18)3-12(7)27-26-6)13-9(4-23)14(16(19)20)25-15(17(21)22)10(13)5-24;1-6(2,3)4-5-7/h2-3,13,16-17H,1H3,(H,26,27);7H,4-5H2,1-3H3/q-1;+1. The summed E-state index contributed by atoms with van der Waals surface area (Å²) in [5, 5.41) is 33.9. The van der Waals surface area contributed by atoms with Gasteiger partial charge in [-0.25, -0.2) is 26.9 Å². The van der Waals surface area contributed by atoms with Crippen molar-refractivity contribution >= 4 is 22.5 Å². The predicted octanol–water partition coefficient (Wildman–Crippen LogP) is 3.71. The summed E-state index contributed by atoms with van der Waals surface area (Å²) >= 11 is 0. The average Bonchev–Trinajstić information content (AvgIpc) is 3.10. The molecule has 2 aromatic rings. The van der Waals surface area contributed by atoms with E-state index < -0.39 is 47.1 Å². The molecule has 34 heavy (non-hydrogen) atoms. The monoisotopic (exact) mass is 482 g/mol. The number of aromatic nitrogens is 2. The van der Waals surface area contributed by atoms with Crippen molar-refractivity contribution < 1.29 is 31.5 Å². The Hall–Kier alpha value is -3.39. The van der Waals surface area contributed by atoms with Gasteiger partial charge in [0.15, 0.2) is 0 Å². The molecule has 0 spiro atoms. The molecule has 0 saturated carbocycles. The number of rotatable bonds is 5. The van der Waals surface area contributed by atoms with Gasteiger partial charge in [0.2, 0.25) is 0 Å². The van der Waals surface area contributed by atoms with Crippen LogP contribution in [-0.2, 0) is 0 Å². The highest BCUT2D eigenvalue weighted by Crippen LogP contribution is 2.41. The molecule has 1 aromatic carbocycles. The quantitative estimate of drug-likeness (QED) is 0.385. The first-order valence-corrected chi connectivity index (χ1v) is 9.98. The van der Waals surface area contributed by atoms with Crippen LogP contribution in [0.1, 0.15) is 17.2 Å². The molecule has 3 rings (SSSR count). The van der Waals surface area contributed by atoms with Crippen LogP contribution < -0.4 is 0 Å². The van der Waals surface area contributed by atoms with E-state index in [0.717, 1.165) is 17.1 Å². The Balaban J connectivity index is 0.000000509. The number of hydrogen-bond acceptors (Lipinski definition) is 4. The first kappa shape index (κ1) is 26.9. The molecule has 12 heteroatoms. The highest BCUT2D eigenvalue weighted by Gasteiger charge is 2.38. The summed E-state index contributed by atoms with van der Waals surface area (Å²) in [6, 6.07) is 3.67. The second-order valence-electron chi connectivity index (χ2n) is 8.44. The molecule has 182 valence electrons. The summed E-state index contributed by atoms with van der Waals surface area (Å²) in [6.07, 6.45) is -6.70. The van der Waals surface area contributed by atoms with Crippen molar-refractivity contribution in [2.45, 2.75) is 25.7 Å². The van der Waals surface area contributed by atoms with Crippen molar-refractivity contribution in [1.29, 1.82) is 5.26 Å². The van der Waals surface area contributed by atoms with Crippen LogP contribution in [0, 0.1) is 24.1 Å². The Bertz CT molecular complexity index is 1210. The molecule has 0 bridgehead atoms. The number of alkyl halides is 4. The van der Waals surface area contributed by atoms with Crippen LogP contribution in [0.15, 0.2) is 34.0 Å². The van der Waals surface area contributed by atoms with Gasteiger partial charge in [0.1, 0.15) is 23.8 Å². The Morgan fingerprint density at radius 1 is 1.21 bits per heavy atom. The number of aryl methyl sites for hydroxylation is 1. The molecule has 1 aliphatic heterocycles. The SMILES string of the molecule is C[N+](C)(C)CCO.Cc1[nH]nc2cc(F)c(C3C(=C=[N-])C(C(F)F)=NC(C(F)F)=C3C#N)cc12. The van der Waals surface area contributed by atoms with Crippen LogP contribution in [0.4, 0.5) is 22.0 Å². The average molecular weight is 482 g/mol. The number of aliphatic hydroxyl groups excluding tert-OH is 1. The number of nitrogens with zero attached hydrogens (tertiary/aromatic N) is 5. The maximum Gasteiger partial charge on any atom is 0.281 e. The first-order chi connectivity index (χ1) is 15.9. The van der Waals surface area contributed by atoms with Crippen LogP contribution in [-0.4, -0.2) is 78.5 Å². The third-order valence-corrected chi connectivity index (χ3v) is 4.97. The summed E-state index contributed by atoms with van der Waals surface area (Å²) in [5.74, 6) is -1.21. The van der Waals surface area contributed by atoms with Gasteiger partial charge in [0.05, 0.1) is 50.8 Å². The molecular weight excluding hydrogens is 459 g/mol. The number of nitriles is 1. The van der Waals surface area contributed by atoms with Crippen molar-refractivity contribution in [3.05, 3.63) is 51.5 Å². The Morgan fingerprint density at radius 3 is 2.29 bits per heavy atom. The summed E-state index contributed by atoms with van der Waals surface area (Å²) in [7, 11) is 6.16. The number of aromatic amines is 1. The molecule has 1 aliphatic rings. The maximum atomic E-state index is 14.7. The lowest BCUT2D eigenvalue weighted by molar-refractivity contribution is -0.870. The van der Waals surface area contributed by atoms with Gasteiger partial charge in [-0.05, 0) is 13.0 Å². The van der Waals surface area contributed by atoms with E-state index in [2.05, 4.69) is 36.3 Å². The van der Waals surface area contributed by atoms with Crippen LogP contribution in [0.25, 0.3) is 16.3 Å². The van der Waals surface area contributed by atoms with Crippen molar-refractivity contribution in [2.75, 3.05) is 34.3 Å². The van der Waals surface area contributed by atoms with E-state index in [9.17, 15) is 32.6 Å². The van der Waals surface area contributed by atoms with Gasteiger partial charge >= 0.3 is 0 Å². The van der Waals surface area contributed by atoms with Crippen LogP contribution in [0.2, 0.25) is 0 Å². The Labute approximate surface area is 192 Å². The third-order valence-electron chi connectivity index (χ3n) is 4.97. The van der Waals surface area contributed by atoms with Crippen molar-refractivity contribution in [2.24, 2.45) is 4.99 Å². The third kappa shape index (κ3) is 5.75. The van der Waals surface area contributed by atoms with E-state index >= 15 is 0 Å². The number of aliphatic hydroxyl groups is 1. The number of nitrogens with one attached hydrogen (secondary N) is 1. The van der Waals surface area contributed by atoms with E-state index in [4.69, 9.17) is 5.11 Å². The molecule has 0 aliphatic carbocycles. The largest absolute Gasteiger partial charge is 0.763 e. The van der Waals surface area contributed by atoms with Crippen molar-refractivity contribution in [3.8, 4) is 6.07 Å². The number of H-pyrrole nitrogens is 1. The minimum atomic E-state index is -3.35. The number of fused-ring (bicyclic) bond motifs is 1. The predicted molar refractivity (Wildman–Crippen MR) is 117 cm³/mol. The number of halogens is 5. The zero-order chi connectivity index (χ0) is 25.8. The van der Waals surface area contributed by atoms with E-state index in [1.165, 1.54) is 18.0 Å². The highest BCUT2D eigenvalue weighted by atomic mass is 19.3. The fraction of sp³-hybridized carbons (Fsp3) is 0.409. The van der Waals surface area contributed by atoms with Crippen molar-refractivity contribution in [1.82, 2.24) is 10.2 Å². The van der Waals surface area contributed by atoms with E-state index in [-0.39, 0.29) is 17.7 Å². The molecule has 1 unspecified atom stereocenters. The minimum Gasteiger partial charge on any atom is -0.763 e. The first-order valence-electron chi connectivity index (χ1n) is 9.98. The van der Waals surface area contributed by atoms with E-state index in [1.807, 2.05) is 0 Å². The second-order valence-corrected chi connectivity index (χ2v) is 8.44. The zero-order valence-electron chi connectivity index (χ0n) is 18.9. The molecule has 1 aromatic heterocycles. The van der Waals surface area contributed by atoms with Crippen LogP contribution in [0.5, 0.6) is 0 Å². The molecular formula is C22H23F5N6O. The Morgan fingerprint density at radius 2 is 1.85 bits per heavy atom. The molecule has 0 amide bonds. The lowest BCUT2D eigenvalue weighted by Crippen LogP contribution is -2.36. The lowest BCUT2D eigenvalue weighted by atomic mass is 9.80. The van der Waals surface area contributed by atoms with E-state index in [0.29, 0.717) is 11.1 Å². The maximum absolute atomic E-state index is 14.7. The Kier molecular flexibility index (Phi) is 8.45. The lowest BCUT2D eigenvalue weighted by Gasteiger charge is -2.27. The smallest absolute Gasteiger partial charge is 0.281 e. The fourth-order valence-corrected chi connectivity index (χ4v) is 3.28. The summed E-state index contributed by atoms with van der Waals surface area (Å²) < 4.78 is 68.8. The summed E-state index contributed by atoms with van der Waals surface area (Å²) in [4.78, 5) is 3.13. The van der Waals surface area contributed by atoms with Gasteiger partial charge in [-0.3, -0.25) is 11.0 Å². The van der Waals surface area contributed by atoms with Gasteiger partial charge in [-0.2, -0.15) is 10.4 Å². The molecule has 2 N–H and O–H groups in total. The minimum absolute atomic E-state index is 0.224. The zero-order valence-corrected chi connectivity index (χ0v) is 18.9. The normalized spacial score (nSPS) is 16.4. The van der Waals surface area contributed by atoms with Gasteiger partial charge in [0.25, 0.3) is 12.9 Å². The van der Waals surface area contributed by atoms with Gasteiger partial charge in [-0.1, -0.05) is 0 Å². The number of hydrogen-bond donors (Lipinski definition) is 2. The molecule has 0 radical (unpaired) electrons. The topological polar surface area (TPSA) is 107 Å². The number of likely N-dealkylation sites (N-methyl/N-ethyl adjacent to an activating group) is 1. The van der Waals surface area contributed by atoms with Gasteiger partial charge < -0.3 is 15.0 Å². The summed E-state index contributed by atoms with van der Waals surface area (Å²) in [6.45, 7) is 2.73. The van der Waals surface area contributed by atoms with Crippen molar-refractivity contribution in [3.63, 3.8) is 0 Å². The molecule has 0 fully saturated rings. The molecule has 1 atom stereocenters. The second kappa shape index (κ2) is 10.7. The number of quaternary nitrogens is 1. The fourth-order valence-electron chi connectivity index (χ4n) is 3.28. The van der Waals surface area contributed by atoms with Crippen LogP contribution >= 0.6 is 0 Å². The molecule has 7 nitrogen and oxygen atoms in total. The van der Waals surface area contributed by atoms with E-state index in [1.54, 1.807) is 6.92 Å². The number of allylic oxidation sites excluding steroid dienone is 3. The molecule has 0 saturated heterocycles. The number of aliphatic imine (C=N–C) groups is 1. The number of benzene rings is 1. The summed E-state index contributed by atoms with van der Waals surface area (Å²) in [5.41, 5.74) is -3.50.